The fourth-order valence-corrected chi connectivity index (χ4v) is 0. The van der Waals surface area contributed by atoms with Gasteiger partial charge in [-0.1, -0.05) is 26.7 Å². The van der Waals surface area contributed by atoms with Crippen LogP contribution in [0, 0.1) is 0 Å². The van der Waals surface area contributed by atoms with Crippen LogP contribution in [0.2, 0.25) is 0 Å². The molecule has 0 nitrogen and oxygen atoms in total. The number of rotatable bonds is 1. The van der Waals surface area contributed by atoms with Gasteiger partial charge in [0, 0.05) is 1.37 Å². The molecule has 0 heterocycles. The molecule has 0 aromatic carbocycles. The van der Waals surface area contributed by atoms with Gasteiger partial charge in [-0.05, 0) is 0 Å². The first-order chi connectivity index (χ1) is 2.27. The Hall–Kier alpha value is 0. The van der Waals surface area contributed by atoms with E-state index < -0.39 is 0 Å². The Morgan fingerprint density at radius 1 is 1.75 bits per heavy atom. The summed E-state index contributed by atoms with van der Waals surface area (Å²) in [6.45, 7) is 3.90. The van der Waals surface area contributed by atoms with Crippen LogP contribution in [-0.4, -0.2) is 0 Å². The minimum Gasteiger partial charge on any atom is -0.0654 e. The van der Waals surface area contributed by atoms with Gasteiger partial charge in [-0.15, -0.1) is 0 Å². The monoisotopic (exact) mass is 60.1 g/mol. The summed E-state index contributed by atoms with van der Waals surface area (Å²) in [6.07, 6.45) is 1.11. The van der Waals surface area contributed by atoms with Crippen molar-refractivity contribution in [1.82, 2.24) is 0 Å². The third-order valence-electron chi connectivity index (χ3n) is 0.408. The van der Waals surface area contributed by atoms with Crippen LogP contribution in [0.25, 0.3) is 0 Å². The number of hydrogen-bond acceptors (Lipinski definition) is 0. The van der Waals surface area contributed by atoms with Crippen LogP contribution >= 0.6 is 0 Å². The molecule has 0 aliphatic rings. The molecule has 4 heavy (non-hydrogen) atoms. The van der Waals surface area contributed by atoms with E-state index in [1.165, 1.54) is 0 Å². The molecular weight excluding hydrogens is 48.0 g/mol. The molecule has 0 N–H and O–H groups in total. The van der Waals surface area contributed by atoms with Crippen molar-refractivity contribution in [3.8, 4) is 0 Å². The smallest absolute Gasteiger partial charge is 0.0264 e. The van der Waals surface area contributed by atoms with Gasteiger partial charge in [-0.3, -0.25) is 0 Å². The molecule has 0 rings (SSSR count). The fourth-order valence-electron chi connectivity index (χ4n) is 0. The van der Waals surface area contributed by atoms with Crippen molar-refractivity contribution >= 4 is 0 Å². The van der Waals surface area contributed by atoms with E-state index in [-0.39, 0.29) is 6.40 Å². The van der Waals surface area contributed by atoms with Gasteiger partial charge >= 0.3 is 0 Å². The fraction of sp³-hybridized carbons (Fsp3) is 1.00. The van der Waals surface area contributed by atoms with E-state index in [1.54, 1.807) is 0 Å². The van der Waals surface area contributed by atoms with Crippen molar-refractivity contribution in [2.75, 3.05) is 0 Å². The van der Waals surface area contributed by atoms with Crippen LogP contribution in [0.15, 0.2) is 0 Å². The van der Waals surface area contributed by atoms with Crippen molar-refractivity contribution in [1.29, 1.82) is 0 Å². The third kappa shape index (κ3) is 2.00. The van der Waals surface area contributed by atoms with Crippen molar-refractivity contribution < 1.29 is 1.37 Å². The second kappa shape index (κ2) is 3.00. The molecule has 0 saturated heterocycles. The first-order valence-corrected chi connectivity index (χ1v) is 1.69. The summed E-state index contributed by atoms with van der Waals surface area (Å²) >= 11 is 0. The highest BCUT2D eigenvalue weighted by Gasteiger charge is 1.56. The molecule has 0 amide bonds. The Morgan fingerprint density at radius 3 is 2.00 bits per heavy atom. The molecule has 1 atom stereocenters. The van der Waals surface area contributed by atoms with Gasteiger partial charge < -0.3 is 0 Å². The highest BCUT2D eigenvalue weighted by molar-refractivity contribution is 4.12. The zero-order chi connectivity index (χ0) is 4.28. The SMILES string of the molecule is [3H]C(C)CC. The highest BCUT2D eigenvalue weighted by Crippen LogP contribution is 1.76. The highest BCUT2D eigenvalue weighted by atomic mass is 13.6. The quantitative estimate of drug-likeness (QED) is 0.433. The Labute approximate surface area is 29.2 Å². The lowest BCUT2D eigenvalue weighted by Crippen LogP contribution is -1.47. The molecule has 0 aliphatic heterocycles. The topological polar surface area (TPSA) is 0 Å². The van der Waals surface area contributed by atoms with Crippen LogP contribution in [0.4, 0.5) is 0 Å². The molecule has 0 heteroatoms. The maximum Gasteiger partial charge on any atom is 0.0264 e. The Balaban J connectivity index is 2.54. The van der Waals surface area contributed by atoms with Crippen molar-refractivity contribution in [3.63, 3.8) is 0 Å². The van der Waals surface area contributed by atoms with Crippen molar-refractivity contribution in [3.05, 3.63) is 0 Å². The minimum absolute atomic E-state index is 0.134. The van der Waals surface area contributed by atoms with Crippen LogP contribution < -0.4 is 0 Å². The Bertz CT molecular complexity index is 17.6. The molecule has 0 aliphatic carbocycles. The standard InChI is InChI=1S/C4H10/c1-3-4-2/h3-4H2,1-2H3/i3T. The van der Waals surface area contributed by atoms with Gasteiger partial charge in [-0.2, -0.15) is 0 Å². The normalized spacial score (nSPS) is 19.0. The summed E-state index contributed by atoms with van der Waals surface area (Å²) in [7, 11) is 0. The van der Waals surface area contributed by atoms with Crippen molar-refractivity contribution in [2.45, 2.75) is 26.7 Å². The molecule has 0 bridgehead atoms. The molecule has 0 radical (unpaired) electrons. The summed E-state index contributed by atoms with van der Waals surface area (Å²) in [6, 6.07) is 0. The summed E-state index contributed by atoms with van der Waals surface area (Å²) < 4.78 is 6.83. The van der Waals surface area contributed by atoms with E-state index in [1.807, 2.05) is 13.8 Å². The Kier molecular flexibility index (Phi) is 1.69. The van der Waals surface area contributed by atoms with Gasteiger partial charge in [0.05, 0.1) is 0 Å². The third-order valence-corrected chi connectivity index (χ3v) is 0.408. The lowest BCUT2D eigenvalue weighted by atomic mass is 10.4. The first-order valence-electron chi connectivity index (χ1n) is 2.27. The average Bonchev–Trinajstić information content (AvgIpc) is 1.38. The second-order valence-corrected chi connectivity index (χ2v) is 0.816. The van der Waals surface area contributed by atoms with Gasteiger partial charge in [0.15, 0.2) is 0 Å². The lowest BCUT2D eigenvalue weighted by molar-refractivity contribution is 0.886. The second-order valence-electron chi connectivity index (χ2n) is 0.816. The number of hydrogen-bond donors (Lipinski definition) is 0. The predicted octanol–water partition coefficient (Wildman–Crippen LogP) is 1.81. The van der Waals surface area contributed by atoms with Crippen LogP contribution in [0.1, 0.15) is 28.0 Å². The lowest BCUT2D eigenvalue weighted by Gasteiger charge is -1.68. The van der Waals surface area contributed by atoms with E-state index in [9.17, 15) is 0 Å². The summed E-state index contributed by atoms with van der Waals surface area (Å²) in [5.74, 6) is 0. The van der Waals surface area contributed by atoms with Gasteiger partial charge in [-0.25, -0.2) is 0 Å². The molecular formula is C4H10. The maximum absolute atomic E-state index is 6.83. The van der Waals surface area contributed by atoms with Crippen LogP contribution in [0.5, 0.6) is 0 Å². The van der Waals surface area contributed by atoms with Crippen LogP contribution in [-0.2, 0) is 0 Å². The Morgan fingerprint density at radius 2 is 2.00 bits per heavy atom. The van der Waals surface area contributed by atoms with E-state index >= 15 is 0 Å². The van der Waals surface area contributed by atoms with E-state index in [2.05, 4.69) is 0 Å². The average molecular weight is 60.1 g/mol. The minimum atomic E-state index is 0.134. The van der Waals surface area contributed by atoms with Gasteiger partial charge in [0.2, 0.25) is 0 Å². The molecule has 0 saturated carbocycles. The maximum atomic E-state index is 6.83. The molecule has 0 spiro atoms. The summed E-state index contributed by atoms with van der Waals surface area (Å²) in [5.41, 5.74) is 0. The van der Waals surface area contributed by atoms with Gasteiger partial charge in [0.1, 0.15) is 0 Å². The van der Waals surface area contributed by atoms with Crippen molar-refractivity contribution in [2.24, 2.45) is 0 Å². The molecule has 1 unspecified atom stereocenters. The predicted molar refractivity (Wildman–Crippen MR) is 20.6 cm³/mol. The molecule has 0 fully saturated rings. The van der Waals surface area contributed by atoms with E-state index in [4.69, 9.17) is 1.37 Å². The van der Waals surface area contributed by atoms with Gasteiger partial charge in [0.25, 0.3) is 0 Å². The van der Waals surface area contributed by atoms with E-state index in [0.29, 0.717) is 0 Å². The molecule has 0 aromatic heterocycles. The zero-order valence-corrected chi connectivity index (χ0v) is 3.28. The zero-order valence-electron chi connectivity index (χ0n) is 4.28. The molecule has 0 aromatic rings. The summed E-state index contributed by atoms with van der Waals surface area (Å²) in [4.78, 5) is 0. The van der Waals surface area contributed by atoms with E-state index in [0.717, 1.165) is 6.42 Å². The summed E-state index contributed by atoms with van der Waals surface area (Å²) in [5, 5.41) is 0. The first kappa shape index (κ1) is 2.25. The largest absolute Gasteiger partial charge is 0.0654 e. The van der Waals surface area contributed by atoms with Crippen LogP contribution in [0.3, 0.4) is 0 Å². The molecule has 26 valence electrons.